The third kappa shape index (κ3) is 3.94. The van der Waals surface area contributed by atoms with E-state index in [1.54, 1.807) is 17.9 Å². The van der Waals surface area contributed by atoms with Crippen molar-refractivity contribution in [2.45, 2.75) is 13.3 Å². The van der Waals surface area contributed by atoms with Gasteiger partial charge in [-0.25, -0.2) is 0 Å². The average molecular weight is 283 g/mol. The van der Waals surface area contributed by atoms with Crippen LogP contribution in [0.15, 0.2) is 30.6 Å². The van der Waals surface area contributed by atoms with E-state index in [4.69, 9.17) is 5.11 Å². The lowest BCUT2D eigenvalue weighted by atomic mass is 10.1. The smallest absolute Gasteiger partial charge is 0.258 e. The molecule has 1 aromatic heterocycles. The summed E-state index contributed by atoms with van der Waals surface area (Å²) in [5.41, 5.74) is 3.06. The Hall–Kier alpha value is -2.58. The molecule has 2 N–H and O–H groups in total. The van der Waals surface area contributed by atoms with Crippen LogP contribution in [0.3, 0.4) is 0 Å². The van der Waals surface area contributed by atoms with Crippen LogP contribution >= 0.6 is 0 Å². The summed E-state index contributed by atoms with van der Waals surface area (Å²) in [5, 5.41) is 15.5. The number of carbonyl (C=O) groups is 1. The first kappa shape index (κ1) is 14.8. The molecule has 0 bridgehead atoms. The van der Waals surface area contributed by atoms with Gasteiger partial charge in [0.2, 0.25) is 0 Å². The molecule has 0 unspecified atom stereocenters. The minimum absolute atomic E-state index is 0.0607. The predicted octanol–water partition coefficient (Wildman–Crippen LogP) is 1.71. The van der Waals surface area contributed by atoms with Gasteiger partial charge in [0.1, 0.15) is 0 Å². The van der Waals surface area contributed by atoms with Crippen LogP contribution in [0.25, 0.3) is 0 Å². The maximum atomic E-state index is 12.1. The number of benzene rings is 1. The molecule has 0 atom stereocenters. The Balaban J connectivity index is 2.11. The van der Waals surface area contributed by atoms with E-state index >= 15 is 0 Å². The molecule has 0 aliphatic rings. The van der Waals surface area contributed by atoms with Crippen molar-refractivity contribution in [3.05, 3.63) is 47.3 Å². The number of hydrogen-bond donors (Lipinski definition) is 2. The van der Waals surface area contributed by atoms with Crippen LogP contribution in [0, 0.1) is 18.8 Å². The maximum Gasteiger partial charge on any atom is 0.258 e. The van der Waals surface area contributed by atoms with E-state index in [0.29, 0.717) is 12.0 Å². The third-order valence-electron chi connectivity index (χ3n) is 2.91. The fourth-order valence-electron chi connectivity index (χ4n) is 1.84. The van der Waals surface area contributed by atoms with Gasteiger partial charge in [-0.3, -0.25) is 9.48 Å². The van der Waals surface area contributed by atoms with Crippen molar-refractivity contribution in [3.8, 4) is 11.8 Å². The number of anilines is 1. The quantitative estimate of drug-likeness (QED) is 0.843. The van der Waals surface area contributed by atoms with Crippen LogP contribution < -0.4 is 5.32 Å². The molecule has 0 saturated carbocycles. The van der Waals surface area contributed by atoms with Gasteiger partial charge in [0, 0.05) is 30.9 Å². The predicted molar refractivity (Wildman–Crippen MR) is 80.9 cm³/mol. The number of aliphatic hydroxyl groups excluding tert-OH is 1. The Labute approximate surface area is 123 Å². The lowest BCUT2D eigenvalue weighted by Crippen LogP contribution is -2.12. The molecule has 1 heterocycles. The number of aromatic nitrogens is 2. The number of nitrogens with zero attached hydrogens (tertiary/aromatic N) is 2. The number of amides is 1. The monoisotopic (exact) mass is 283 g/mol. The van der Waals surface area contributed by atoms with Crippen molar-refractivity contribution in [2.75, 3.05) is 11.9 Å². The number of aliphatic hydroxyl groups is 1. The van der Waals surface area contributed by atoms with Crippen molar-refractivity contribution in [1.82, 2.24) is 9.78 Å². The van der Waals surface area contributed by atoms with E-state index in [9.17, 15) is 4.79 Å². The molecule has 0 spiro atoms. The minimum atomic E-state index is -0.190. The minimum Gasteiger partial charge on any atom is -0.395 e. The molecule has 0 aliphatic heterocycles. The van der Waals surface area contributed by atoms with Gasteiger partial charge < -0.3 is 10.4 Å². The number of aryl methyl sites for hydroxylation is 2. The van der Waals surface area contributed by atoms with Gasteiger partial charge in [-0.2, -0.15) is 5.10 Å². The van der Waals surface area contributed by atoms with Gasteiger partial charge in [-0.15, -0.1) is 0 Å². The molecular weight excluding hydrogens is 266 g/mol. The lowest BCUT2D eigenvalue weighted by molar-refractivity contribution is 0.102. The summed E-state index contributed by atoms with van der Waals surface area (Å²) in [5.74, 6) is 5.65. The molecule has 108 valence electrons. The number of rotatable bonds is 3. The van der Waals surface area contributed by atoms with Crippen molar-refractivity contribution in [3.63, 3.8) is 0 Å². The first-order valence-corrected chi connectivity index (χ1v) is 6.60. The Kier molecular flexibility index (Phi) is 4.75. The summed E-state index contributed by atoms with van der Waals surface area (Å²) < 4.78 is 1.58. The highest BCUT2D eigenvalue weighted by molar-refractivity contribution is 6.04. The largest absolute Gasteiger partial charge is 0.395 e. The molecule has 0 aliphatic carbocycles. The Morgan fingerprint density at radius 2 is 2.29 bits per heavy atom. The van der Waals surface area contributed by atoms with Crippen LogP contribution in [0.4, 0.5) is 5.69 Å². The van der Waals surface area contributed by atoms with E-state index in [2.05, 4.69) is 22.3 Å². The first-order chi connectivity index (χ1) is 10.1. The number of nitrogens with one attached hydrogen (secondary N) is 1. The summed E-state index contributed by atoms with van der Waals surface area (Å²) >= 11 is 0. The molecule has 1 aromatic carbocycles. The normalized spacial score (nSPS) is 9.86. The van der Waals surface area contributed by atoms with Gasteiger partial charge in [-0.05, 0) is 30.7 Å². The van der Waals surface area contributed by atoms with Gasteiger partial charge in [0.25, 0.3) is 5.91 Å². The van der Waals surface area contributed by atoms with E-state index in [1.807, 2.05) is 25.1 Å². The highest BCUT2D eigenvalue weighted by atomic mass is 16.2. The van der Waals surface area contributed by atoms with Gasteiger partial charge in [-0.1, -0.05) is 11.8 Å². The van der Waals surface area contributed by atoms with Gasteiger partial charge in [0.05, 0.1) is 18.4 Å². The fourth-order valence-corrected chi connectivity index (χ4v) is 1.84. The summed E-state index contributed by atoms with van der Waals surface area (Å²) in [7, 11) is 1.77. The van der Waals surface area contributed by atoms with Crippen molar-refractivity contribution >= 4 is 11.6 Å². The molecule has 0 fully saturated rings. The third-order valence-corrected chi connectivity index (χ3v) is 2.91. The van der Waals surface area contributed by atoms with E-state index in [0.717, 1.165) is 16.8 Å². The number of hydrogen-bond acceptors (Lipinski definition) is 3. The zero-order valence-electron chi connectivity index (χ0n) is 12.1. The molecule has 21 heavy (non-hydrogen) atoms. The average Bonchev–Trinajstić information content (AvgIpc) is 2.89. The van der Waals surface area contributed by atoms with Crippen LogP contribution in [-0.4, -0.2) is 27.4 Å². The zero-order valence-corrected chi connectivity index (χ0v) is 12.1. The summed E-state index contributed by atoms with van der Waals surface area (Å²) in [4.78, 5) is 12.1. The molecule has 0 radical (unpaired) electrons. The van der Waals surface area contributed by atoms with Crippen molar-refractivity contribution in [2.24, 2.45) is 7.05 Å². The van der Waals surface area contributed by atoms with Crippen LogP contribution in [0.5, 0.6) is 0 Å². The molecule has 1 amide bonds. The molecule has 5 heteroatoms. The topological polar surface area (TPSA) is 67.2 Å². The lowest BCUT2D eigenvalue weighted by Gasteiger charge is -2.07. The Morgan fingerprint density at radius 3 is 2.90 bits per heavy atom. The highest BCUT2D eigenvalue weighted by Crippen LogP contribution is 2.17. The van der Waals surface area contributed by atoms with Crippen molar-refractivity contribution < 1.29 is 9.90 Å². The van der Waals surface area contributed by atoms with Crippen molar-refractivity contribution in [1.29, 1.82) is 0 Å². The number of carbonyl (C=O) groups excluding carboxylic acids is 1. The van der Waals surface area contributed by atoms with E-state index in [1.165, 1.54) is 6.20 Å². The molecule has 5 nitrogen and oxygen atoms in total. The summed E-state index contributed by atoms with van der Waals surface area (Å²) in [6.07, 6.45) is 3.65. The van der Waals surface area contributed by atoms with Crippen LogP contribution in [0.2, 0.25) is 0 Å². The van der Waals surface area contributed by atoms with E-state index < -0.39 is 0 Å². The zero-order chi connectivity index (χ0) is 15.2. The second-order valence-electron chi connectivity index (χ2n) is 4.66. The summed E-state index contributed by atoms with van der Waals surface area (Å²) in [6, 6.07) is 5.58. The van der Waals surface area contributed by atoms with Crippen LogP contribution in [0.1, 0.15) is 27.9 Å². The maximum absolute atomic E-state index is 12.1. The van der Waals surface area contributed by atoms with Crippen LogP contribution in [-0.2, 0) is 7.05 Å². The highest BCUT2D eigenvalue weighted by Gasteiger charge is 2.09. The van der Waals surface area contributed by atoms with E-state index in [-0.39, 0.29) is 12.5 Å². The summed E-state index contributed by atoms with van der Waals surface area (Å²) in [6.45, 7) is 1.97. The van der Waals surface area contributed by atoms with Gasteiger partial charge >= 0.3 is 0 Å². The standard InChI is InChI=1S/C16H17N3O2/c1-12-9-13(5-3-4-8-20)6-7-15(12)18-16(21)14-10-17-19(2)11-14/h6-7,9-11,20H,4,8H2,1-2H3,(H,18,21). The second-order valence-corrected chi connectivity index (χ2v) is 4.66. The molecular formula is C16H17N3O2. The Morgan fingerprint density at radius 1 is 1.48 bits per heavy atom. The fraction of sp³-hybridized carbons (Fsp3) is 0.250. The molecule has 2 aromatic rings. The molecule has 0 saturated heterocycles. The van der Waals surface area contributed by atoms with Gasteiger partial charge in [0.15, 0.2) is 0 Å². The SMILES string of the molecule is Cc1cc(C#CCCO)ccc1NC(=O)c1cnn(C)c1. The first-order valence-electron chi connectivity index (χ1n) is 6.60. The molecule has 2 rings (SSSR count). The Bertz CT molecular complexity index is 708. The second kappa shape index (κ2) is 6.73.